The Balaban J connectivity index is 2.67. The minimum Gasteiger partial charge on any atom is -0.323 e. The predicted octanol–water partition coefficient (Wildman–Crippen LogP) is 5.09. The summed E-state index contributed by atoms with van der Waals surface area (Å²) in [6.45, 7) is 0. The van der Waals surface area contributed by atoms with E-state index < -0.39 is 62.5 Å². The first-order valence-corrected chi connectivity index (χ1v) is 7.43. The number of nitrogens with zero attached hydrogens (tertiary/aromatic N) is 1. The maximum absolute atomic E-state index is 14.5. The quantitative estimate of drug-likeness (QED) is 0.372. The van der Waals surface area contributed by atoms with Gasteiger partial charge in [-0.3, -0.25) is 14.9 Å². The van der Waals surface area contributed by atoms with Crippen molar-refractivity contribution in [3.8, 4) is 0 Å². The minimum atomic E-state index is -7.47. The van der Waals surface area contributed by atoms with Gasteiger partial charge in [-0.2, -0.15) is 43.9 Å². The first-order valence-electron chi connectivity index (χ1n) is 7.05. The number of nitro benzene ring substituents is 1. The van der Waals surface area contributed by atoms with E-state index in [1.807, 2.05) is 0 Å². The summed E-state index contributed by atoms with van der Waals surface area (Å²) in [6.07, 6.45) is 0. The Bertz CT molecular complexity index is 892. The number of rotatable bonds is 3. The van der Waals surface area contributed by atoms with Gasteiger partial charge >= 0.3 is 35.3 Å². The molecule has 1 aliphatic carbocycles. The first-order chi connectivity index (χ1) is 13.2. The zero-order valence-corrected chi connectivity index (χ0v) is 14.2. The molecule has 1 N–H and O–H groups in total. The summed E-state index contributed by atoms with van der Waals surface area (Å²) in [6, 6.07) is 1.11. The number of amides is 1. The van der Waals surface area contributed by atoms with Crippen LogP contribution in [0.5, 0.6) is 0 Å². The summed E-state index contributed by atoms with van der Waals surface area (Å²) in [5, 5.41) is 10.7. The zero-order valence-electron chi connectivity index (χ0n) is 13.4. The molecule has 168 valence electrons. The van der Waals surface area contributed by atoms with Crippen molar-refractivity contribution in [1.82, 2.24) is 0 Å². The number of nitrogens with one attached hydrogen (secondary N) is 1. The van der Waals surface area contributed by atoms with Crippen molar-refractivity contribution in [2.45, 2.75) is 35.3 Å². The molecule has 1 saturated carbocycles. The lowest BCUT2D eigenvalue weighted by atomic mass is 9.71. The fraction of sp³-hybridized carbons (Fsp3) is 0.462. The number of anilines is 1. The third-order valence-electron chi connectivity index (χ3n) is 4.16. The van der Waals surface area contributed by atoms with Crippen molar-refractivity contribution in [1.29, 1.82) is 0 Å². The molecular formula is C13H4ClF11N2O3. The number of alkyl halides is 11. The number of hydrogen-bond acceptors (Lipinski definition) is 3. The smallest absolute Gasteiger partial charge is 0.323 e. The van der Waals surface area contributed by atoms with E-state index in [0.29, 0.717) is 12.1 Å². The molecule has 30 heavy (non-hydrogen) atoms. The monoisotopic (exact) mass is 480 g/mol. The van der Waals surface area contributed by atoms with Crippen LogP contribution in [0.1, 0.15) is 0 Å². The van der Waals surface area contributed by atoms with Crippen LogP contribution in [-0.2, 0) is 4.79 Å². The molecule has 0 heterocycles. The molecule has 0 radical (unpaired) electrons. The van der Waals surface area contributed by atoms with Crippen LogP contribution < -0.4 is 5.32 Å². The van der Waals surface area contributed by atoms with Crippen LogP contribution in [0.15, 0.2) is 18.2 Å². The topological polar surface area (TPSA) is 72.2 Å². The highest BCUT2D eigenvalue weighted by molar-refractivity contribution is 6.32. The van der Waals surface area contributed by atoms with E-state index >= 15 is 0 Å². The van der Waals surface area contributed by atoms with Crippen molar-refractivity contribution in [2.75, 3.05) is 5.32 Å². The first kappa shape index (κ1) is 23.9. The van der Waals surface area contributed by atoms with Gasteiger partial charge < -0.3 is 5.32 Å². The van der Waals surface area contributed by atoms with E-state index in [1.165, 1.54) is 0 Å². The lowest BCUT2D eigenvalue weighted by Gasteiger charge is -2.51. The van der Waals surface area contributed by atoms with Crippen LogP contribution in [0.25, 0.3) is 0 Å². The zero-order chi connectivity index (χ0) is 23.7. The maximum atomic E-state index is 14.5. The SMILES string of the molecule is O=C(Nc1ccc(Cl)c([N+](=O)[O-])c1)C1(F)C(F)(F)C(F)(F)C(F)(F)C(F)(F)C1(F)F. The molecule has 0 aromatic heterocycles. The summed E-state index contributed by atoms with van der Waals surface area (Å²) in [4.78, 5) is 21.1. The molecule has 1 fully saturated rings. The fourth-order valence-electron chi connectivity index (χ4n) is 2.45. The second kappa shape index (κ2) is 6.31. The average Bonchev–Trinajstić information content (AvgIpc) is 2.60. The van der Waals surface area contributed by atoms with E-state index in [9.17, 15) is 63.2 Å². The predicted molar refractivity (Wildman–Crippen MR) is 75.3 cm³/mol. The Labute approximate surface area is 161 Å². The highest BCUT2D eigenvalue weighted by atomic mass is 35.5. The van der Waals surface area contributed by atoms with Gasteiger partial charge in [0.15, 0.2) is 0 Å². The maximum Gasteiger partial charge on any atom is 0.384 e. The van der Waals surface area contributed by atoms with Gasteiger partial charge in [-0.05, 0) is 12.1 Å². The van der Waals surface area contributed by atoms with Gasteiger partial charge in [-0.1, -0.05) is 11.6 Å². The number of halogens is 12. The number of benzene rings is 1. The minimum absolute atomic E-state index is 0.146. The molecule has 0 saturated heterocycles. The third-order valence-corrected chi connectivity index (χ3v) is 4.48. The molecule has 1 aliphatic rings. The molecule has 0 aliphatic heterocycles. The van der Waals surface area contributed by atoms with Gasteiger partial charge in [0.2, 0.25) is 0 Å². The van der Waals surface area contributed by atoms with Crippen molar-refractivity contribution < 1.29 is 58.0 Å². The van der Waals surface area contributed by atoms with E-state index in [0.717, 1.165) is 5.32 Å². The van der Waals surface area contributed by atoms with Crippen molar-refractivity contribution in [3.63, 3.8) is 0 Å². The van der Waals surface area contributed by atoms with Gasteiger partial charge in [0.1, 0.15) is 5.02 Å². The normalized spacial score (nSPS) is 24.7. The lowest BCUT2D eigenvalue weighted by Crippen LogP contribution is -2.86. The van der Waals surface area contributed by atoms with Gasteiger partial charge in [0.05, 0.1) is 4.92 Å². The number of nitro groups is 1. The third kappa shape index (κ3) is 2.51. The second-order valence-corrected chi connectivity index (χ2v) is 6.32. The Hall–Kier alpha value is -2.39. The number of hydrogen-bond donors (Lipinski definition) is 1. The molecule has 1 aromatic rings. The summed E-state index contributed by atoms with van der Waals surface area (Å²) in [5.74, 6) is -40.7. The van der Waals surface area contributed by atoms with Crippen LogP contribution in [0.2, 0.25) is 5.02 Å². The average molecular weight is 481 g/mol. The van der Waals surface area contributed by atoms with Crippen molar-refractivity contribution in [3.05, 3.63) is 33.3 Å². The van der Waals surface area contributed by atoms with E-state index in [1.54, 1.807) is 0 Å². The van der Waals surface area contributed by atoms with Crippen LogP contribution in [0, 0.1) is 10.1 Å². The van der Waals surface area contributed by atoms with Gasteiger partial charge in [-0.25, -0.2) is 4.39 Å². The van der Waals surface area contributed by atoms with E-state index in [2.05, 4.69) is 0 Å². The van der Waals surface area contributed by atoms with Crippen molar-refractivity contribution >= 4 is 28.9 Å². The standard InChI is InChI=1S/C13H4ClF11N2O3/c14-5-2-1-4(3-6(5)27(29)30)26-7(28)8(15)9(16,17)11(20,21)13(24,25)12(22,23)10(8,18)19/h1-3H,(H,26,28). The van der Waals surface area contributed by atoms with E-state index in [-0.39, 0.29) is 6.07 Å². The Kier molecular flexibility index (Phi) is 5.02. The van der Waals surface area contributed by atoms with Crippen LogP contribution in [-0.4, -0.2) is 46.1 Å². The molecule has 17 heteroatoms. The van der Waals surface area contributed by atoms with Crippen molar-refractivity contribution in [2.24, 2.45) is 0 Å². The molecule has 2 rings (SSSR count). The summed E-state index contributed by atoms with van der Waals surface area (Å²) >= 11 is 5.35. The van der Waals surface area contributed by atoms with E-state index in [4.69, 9.17) is 11.6 Å². The van der Waals surface area contributed by atoms with Crippen LogP contribution in [0.4, 0.5) is 59.7 Å². The summed E-state index contributed by atoms with van der Waals surface area (Å²) in [5.41, 5.74) is -9.25. The fourth-order valence-corrected chi connectivity index (χ4v) is 2.64. The highest BCUT2D eigenvalue weighted by Gasteiger charge is 3.02. The molecule has 1 aromatic carbocycles. The molecule has 5 nitrogen and oxygen atoms in total. The Morgan fingerprint density at radius 3 is 1.63 bits per heavy atom. The van der Waals surface area contributed by atoms with Gasteiger partial charge in [0.25, 0.3) is 11.6 Å². The molecule has 1 amide bonds. The summed E-state index contributed by atoms with van der Waals surface area (Å²) in [7, 11) is 0. The second-order valence-electron chi connectivity index (χ2n) is 5.91. The Morgan fingerprint density at radius 1 is 0.833 bits per heavy atom. The largest absolute Gasteiger partial charge is 0.384 e. The van der Waals surface area contributed by atoms with Crippen LogP contribution in [0.3, 0.4) is 0 Å². The number of carbonyl (C=O) groups excluding carboxylic acids is 1. The van der Waals surface area contributed by atoms with Gasteiger partial charge in [-0.15, -0.1) is 0 Å². The molecule has 0 spiro atoms. The Morgan fingerprint density at radius 2 is 1.23 bits per heavy atom. The lowest BCUT2D eigenvalue weighted by molar-refractivity contribution is -0.475. The highest BCUT2D eigenvalue weighted by Crippen LogP contribution is 2.69. The van der Waals surface area contributed by atoms with Gasteiger partial charge in [0, 0.05) is 11.8 Å². The molecule has 0 unspecified atom stereocenters. The summed E-state index contributed by atoms with van der Waals surface area (Å²) < 4.78 is 149. The molecular weight excluding hydrogens is 477 g/mol. The molecule has 0 bridgehead atoms. The van der Waals surface area contributed by atoms with Crippen LogP contribution >= 0.6 is 11.6 Å². The number of carbonyl (C=O) groups is 1. The molecule has 0 atom stereocenters.